The molecule has 0 aliphatic carbocycles. The molecule has 8 nitrogen and oxygen atoms in total. The Hall–Kier alpha value is -2.74. The molecule has 2 N–H and O–H groups in total. The van der Waals surface area contributed by atoms with Crippen LogP contribution in [0.3, 0.4) is 0 Å². The summed E-state index contributed by atoms with van der Waals surface area (Å²) < 4.78 is 13.3. The van der Waals surface area contributed by atoms with Gasteiger partial charge >= 0.3 is 0 Å². The highest BCUT2D eigenvalue weighted by Crippen LogP contribution is 2.28. The molecule has 166 valence electrons. The number of hydrogen-bond acceptors (Lipinski definition) is 5. The lowest BCUT2D eigenvalue weighted by Gasteiger charge is -2.19. The summed E-state index contributed by atoms with van der Waals surface area (Å²) in [4.78, 5) is 7.02. The van der Waals surface area contributed by atoms with Gasteiger partial charge in [-0.2, -0.15) is 5.10 Å². The summed E-state index contributed by atoms with van der Waals surface area (Å²) in [6.45, 7) is 11.9. The van der Waals surface area contributed by atoms with Crippen LogP contribution in [0.5, 0.6) is 11.5 Å². The standard InChI is InChI=1S/C22H36N6O2/c1-6-23-22(25-17-19-11-12-26-27(19)4)24-16-18-9-10-20(21(15-18)29-5)30-14-13-28(7-2)8-3/h9-12,15H,6-8,13-14,16-17H2,1-5H3,(H2,23,24,25). The van der Waals surface area contributed by atoms with Crippen LogP contribution in [0.15, 0.2) is 35.5 Å². The Morgan fingerprint density at radius 2 is 1.93 bits per heavy atom. The summed E-state index contributed by atoms with van der Waals surface area (Å²) in [5, 5.41) is 10.8. The summed E-state index contributed by atoms with van der Waals surface area (Å²) in [5.74, 6) is 2.26. The van der Waals surface area contributed by atoms with Crippen molar-refractivity contribution in [1.29, 1.82) is 0 Å². The maximum absolute atomic E-state index is 5.94. The van der Waals surface area contributed by atoms with Gasteiger partial charge in [-0.3, -0.25) is 4.68 Å². The van der Waals surface area contributed by atoms with E-state index in [1.165, 1.54) is 0 Å². The van der Waals surface area contributed by atoms with Crippen molar-refractivity contribution >= 4 is 5.96 Å². The number of nitrogens with zero attached hydrogens (tertiary/aromatic N) is 4. The highest BCUT2D eigenvalue weighted by Gasteiger charge is 2.08. The fourth-order valence-corrected chi connectivity index (χ4v) is 3.02. The lowest BCUT2D eigenvalue weighted by atomic mass is 10.2. The largest absolute Gasteiger partial charge is 0.493 e. The molecule has 0 saturated heterocycles. The van der Waals surface area contributed by atoms with Crippen molar-refractivity contribution in [3.8, 4) is 11.5 Å². The minimum Gasteiger partial charge on any atom is -0.493 e. The number of aromatic nitrogens is 2. The number of benzene rings is 1. The second kappa shape index (κ2) is 12.7. The Labute approximate surface area is 180 Å². The summed E-state index contributed by atoms with van der Waals surface area (Å²) >= 11 is 0. The number of hydrogen-bond donors (Lipinski definition) is 2. The number of ether oxygens (including phenoxy) is 2. The van der Waals surface area contributed by atoms with Crippen molar-refractivity contribution in [1.82, 2.24) is 25.3 Å². The zero-order valence-electron chi connectivity index (χ0n) is 18.9. The van der Waals surface area contributed by atoms with E-state index < -0.39 is 0 Å². The summed E-state index contributed by atoms with van der Waals surface area (Å²) in [7, 11) is 3.60. The van der Waals surface area contributed by atoms with Gasteiger partial charge < -0.3 is 25.0 Å². The molecule has 30 heavy (non-hydrogen) atoms. The van der Waals surface area contributed by atoms with Crippen LogP contribution in [0, 0.1) is 0 Å². The number of nitrogens with one attached hydrogen (secondary N) is 2. The lowest BCUT2D eigenvalue weighted by Crippen LogP contribution is -2.37. The first-order valence-corrected chi connectivity index (χ1v) is 10.6. The zero-order valence-corrected chi connectivity index (χ0v) is 18.9. The van der Waals surface area contributed by atoms with Crippen LogP contribution in [0.25, 0.3) is 0 Å². The average Bonchev–Trinajstić information content (AvgIpc) is 3.18. The Morgan fingerprint density at radius 3 is 2.57 bits per heavy atom. The quantitative estimate of drug-likeness (QED) is 0.409. The van der Waals surface area contributed by atoms with E-state index in [0.29, 0.717) is 19.7 Å². The van der Waals surface area contributed by atoms with Gasteiger partial charge in [0.2, 0.25) is 0 Å². The fraction of sp³-hybridized carbons (Fsp3) is 0.545. The zero-order chi connectivity index (χ0) is 21.8. The minimum atomic E-state index is 0.538. The van der Waals surface area contributed by atoms with E-state index >= 15 is 0 Å². The van der Waals surface area contributed by atoms with E-state index in [9.17, 15) is 0 Å². The van der Waals surface area contributed by atoms with Gasteiger partial charge in [0.15, 0.2) is 17.5 Å². The second-order valence-electron chi connectivity index (χ2n) is 6.86. The first kappa shape index (κ1) is 23.5. The molecule has 0 unspecified atom stereocenters. The number of rotatable bonds is 12. The van der Waals surface area contributed by atoms with Gasteiger partial charge in [0, 0.05) is 26.3 Å². The van der Waals surface area contributed by atoms with Crippen molar-refractivity contribution in [2.75, 3.05) is 39.9 Å². The van der Waals surface area contributed by atoms with E-state index in [1.807, 2.05) is 36.0 Å². The molecule has 0 saturated carbocycles. The Kier molecular flexibility index (Phi) is 10.00. The van der Waals surface area contributed by atoms with Gasteiger partial charge in [0.05, 0.1) is 25.9 Å². The summed E-state index contributed by atoms with van der Waals surface area (Å²) in [6.07, 6.45) is 1.79. The van der Waals surface area contributed by atoms with Crippen LogP contribution in [0.4, 0.5) is 0 Å². The number of aryl methyl sites for hydroxylation is 1. The third-order valence-corrected chi connectivity index (χ3v) is 4.91. The smallest absolute Gasteiger partial charge is 0.191 e. The summed E-state index contributed by atoms with van der Waals surface area (Å²) in [6, 6.07) is 7.96. The van der Waals surface area contributed by atoms with Gasteiger partial charge in [0.25, 0.3) is 0 Å². The molecular formula is C22H36N6O2. The van der Waals surface area contributed by atoms with Crippen LogP contribution in [-0.4, -0.2) is 60.5 Å². The van der Waals surface area contributed by atoms with Crippen LogP contribution in [-0.2, 0) is 20.1 Å². The van der Waals surface area contributed by atoms with Crippen molar-refractivity contribution in [2.24, 2.45) is 12.0 Å². The molecule has 1 aromatic heterocycles. The SMILES string of the molecule is CCNC(=NCc1ccc(OCCN(CC)CC)c(OC)c1)NCc1ccnn1C. The van der Waals surface area contributed by atoms with Crippen LogP contribution < -0.4 is 20.1 Å². The maximum atomic E-state index is 5.94. The average molecular weight is 417 g/mol. The van der Waals surface area contributed by atoms with Crippen LogP contribution in [0.1, 0.15) is 32.0 Å². The van der Waals surface area contributed by atoms with Crippen molar-refractivity contribution in [3.05, 3.63) is 41.7 Å². The molecule has 0 amide bonds. The van der Waals surface area contributed by atoms with Gasteiger partial charge in [-0.05, 0) is 43.8 Å². The van der Waals surface area contributed by atoms with Crippen LogP contribution >= 0.6 is 0 Å². The van der Waals surface area contributed by atoms with Gasteiger partial charge in [-0.15, -0.1) is 0 Å². The minimum absolute atomic E-state index is 0.538. The molecule has 0 aliphatic heterocycles. The number of guanidine groups is 1. The third kappa shape index (κ3) is 7.26. The van der Waals surface area contributed by atoms with Gasteiger partial charge in [0.1, 0.15) is 6.61 Å². The highest BCUT2D eigenvalue weighted by atomic mass is 16.5. The van der Waals surface area contributed by atoms with Crippen molar-refractivity contribution in [2.45, 2.75) is 33.9 Å². The fourth-order valence-electron chi connectivity index (χ4n) is 3.02. The Bertz CT molecular complexity index is 786. The Balaban J connectivity index is 1.97. The van der Waals surface area contributed by atoms with Crippen molar-refractivity contribution in [3.63, 3.8) is 0 Å². The maximum Gasteiger partial charge on any atom is 0.191 e. The highest BCUT2D eigenvalue weighted by molar-refractivity contribution is 5.79. The van der Waals surface area contributed by atoms with E-state index in [-0.39, 0.29) is 0 Å². The summed E-state index contributed by atoms with van der Waals surface area (Å²) in [5.41, 5.74) is 2.15. The first-order chi connectivity index (χ1) is 14.6. The number of methoxy groups -OCH3 is 1. The van der Waals surface area contributed by atoms with E-state index in [2.05, 4.69) is 46.4 Å². The van der Waals surface area contributed by atoms with Crippen molar-refractivity contribution < 1.29 is 9.47 Å². The lowest BCUT2D eigenvalue weighted by molar-refractivity contribution is 0.217. The molecule has 0 spiro atoms. The predicted octanol–water partition coefficient (Wildman–Crippen LogP) is 2.40. The van der Waals surface area contributed by atoms with Gasteiger partial charge in [-0.1, -0.05) is 19.9 Å². The molecule has 2 aromatic rings. The van der Waals surface area contributed by atoms with Crippen LogP contribution in [0.2, 0.25) is 0 Å². The molecule has 1 aromatic carbocycles. The van der Waals surface area contributed by atoms with E-state index in [0.717, 1.165) is 54.9 Å². The normalized spacial score (nSPS) is 11.6. The Morgan fingerprint density at radius 1 is 1.13 bits per heavy atom. The molecular weight excluding hydrogens is 380 g/mol. The predicted molar refractivity (Wildman–Crippen MR) is 121 cm³/mol. The first-order valence-electron chi connectivity index (χ1n) is 10.6. The second-order valence-corrected chi connectivity index (χ2v) is 6.86. The molecule has 0 fully saturated rings. The number of likely N-dealkylation sites (N-methyl/N-ethyl adjacent to an activating group) is 1. The molecule has 2 rings (SSSR count). The molecule has 0 bridgehead atoms. The molecule has 1 heterocycles. The molecule has 0 aliphatic rings. The molecule has 0 atom stereocenters. The van der Waals surface area contributed by atoms with E-state index in [1.54, 1.807) is 13.3 Å². The topological polar surface area (TPSA) is 75.9 Å². The number of aliphatic imine (C=N–C) groups is 1. The van der Waals surface area contributed by atoms with E-state index in [4.69, 9.17) is 9.47 Å². The molecule has 8 heteroatoms. The third-order valence-electron chi connectivity index (χ3n) is 4.91. The molecule has 0 radical (unpaired) electrons. The monoisotopic (exact) mass is 416 g/mol. The van der Waals surface area contributed by atoms with Gasteiger partial charge in [-0.25, -0.2) is 4.99 Å².